The van der Waals surface area contributed by atoms with Crippen LogP contribution in [0.3, 0.4) is 0 Å². The van der Waals surface area contributed by atoms with Crippen molar-refractivity contribution in [3.8, 4) is 11.4 Å². The van der Waals surface area contributed by atoms with Crippen LogP contribution in [0.15, 0.2) is 53.6 Å². The van der Waals surface area contributed by atoms with Crippen LogP contribution in [0.2, 0.25) is 0 Å². The standard InChI is InChI=1S/C21H24N6O2S/c28-30(29,26-11-5-2-6-12-26)18-9-10-19(22-15-18)25-13-14-27-20(16-25)23-24-21(27)17-7-3-1-4-8-17/h1,3-4,7-10,15H,2,5-6,11-14,16H2. The van der Waals surface area contributed by atoms with E-state index in [1.807, 2.05) is 30.3 Å². The minimum atomic E-state index is -3.46. The maximum atomic E-state index is 12.8. The van der Waals surface area contributed by atoms with Crippen LogP contribution < -0.4 is 4.90 Å². The molecule has 2 aliphatic heterocycles. The molecule has 0 spiro atoms. The highest BCUT2D eigenvalue weighted by Gasteiger charge is 2.27. The van der Waals surface area contributed by atoms with Crippen LogP contribution >= 0.6 is 0 Å². The Kier molecular flexibility index (Phi) is 5.00. The summed E-state index contributed by atoms with van der Waals surface area (Å²) in [6.07, 6.45) is 4.41. The number of aromatic nitrogens is 4. The van der Waals surface area contributed by atoms with Gasteiger partial charge in [0.05, 0.1) is 6.54 Å². The molecular formula is C21H24N6O2S. The lowest BCUT2D eigenvalue weighted by molar-refractivity contribution is 0.346. The number of fused-ring (bicyclic) bond motifs is 1. The lowest BCUT2D eigenvalue weighted by atomic mass is 10.2. The minimum Gasteiger partial charge on any atom is -0.347 e. The van der Waals surface area contributed by atoms with Crippen LogP contribution in [0.25, 0.3) is 11.4 Å². The summed E-state index contributed by atoms with van der Waals surface area (Å²) in [7, 11) is -3.46. The summed E-state index contributed by atoms with van der Waals surface area (Å²) in [5, 5.41) is 8.74. The number of rotatable bonds is 4. The van der Waals surface area contributed by atoms with Gasteiger partial charge in [-0.05, 0) is 25.0 Å². The number of hydrogen-bond donors (Lipinski definition) is 0. The van der Waals surface area contributed by atoms with E-state index in [0.717, 1.165) is 55.4 Å². The van der Waals surface area contributed by atoms with Crippen LogP contribution in [0, 0.1) is 0 Å². The van der Waals surface area contributed by atoms with E-state index >= 15 is 0 Å². The number of piperidine rings is 1. The number of hydrogen-bond acceptors (Lipinski definition) is 6. The zero-order valence-electron chi connectivity index (χ0n) is 16.7. The molecule has 1 saturated heterocycles. The molecule has 0 aliphatic carbocycles. The molecule has 5 rings (SSSR count). The number of benzene rings is 1. The van der Waals surface area contributed by atoms with Crippen LogP contribution in [-0.4, -0.2) is 52.1 Å². The first kappa shape index (κ1) is 19.2. The van der Waals surface area contributed by atoms with Crippen molar-refractivity contribution in [2.24, 2.45) is 0 Å². The summed E-state index contributed by atoms with van der Waals surface area (Å²) in [6, 6.07) is 13.5. The Bertz CT molecular complexity index is 1120. The Morgan fingerprint density at radius 2 is 1.63 bits per heavy atom. The van der Waals surface area contributed by atoms with Crippen molar-refractivity contribution in [1.29, 1.82) is 0 Å². The first-order chi connectivity index (χ1) is 14.6. The average molecular weight is 425 g/mol. The number of nitrogens with zero attached hydrogens (tertiary/aromatic N) is 6. The monoisotopic (exact) mass is 424 g/mol. The molecule has 0 unspecified atom stereocenters. The fourth-order valence-electron chi connectivity index (χ4n) is 4.12. The third kappa shape index (κ3) is 3.48. The van der Waals surface area contributed by atoms with Crippen LogP contribution in [0.4, 0.5) is 5.82 Å². The molecule has 156 valence electrons. The van der Waals surface area contributed by atoms with Crippen LogP contribution in [-0.2, 0) is 23.1 Å². The summed E-state index contributed by atoms with van der Waals surface area (Å²) in [5.74, 6) is 2.51. The number of pyridine rings is 1. The van der Waals surface area contributed by atoms with Crippen molar-refractivity contribution < 1.29 is 8.42 Å². The molecule has 0 bridgehead atoms. The van der Waals surface area contributed by atoms with E-state index in [9.17, 15) is 8.42 Å². The quantitative estimate of drug-likeness (QED) is 0.640. The number of sulfonamides is 1. The molecule has 30 heavy (non-hydrogen) atoms. The molecule has 8 nitrogen and oxygen atoms in total. The van der Waals surface area contributed by atoms with Gasteiger partial charge >= 0.3 is 0 Å². The van der Waals surface area contributed by atoms with Gasteiger partial charge in [0, 0.05) is 37.9 Å². The molecule has 0 saturated carbocycles. The van der Waals surface area contributed by atoms with Crippen molar-refractivity contribution in [2.45, 2.75) is 37.2 Å². The van der Waals surface area contributed by atoms with Crippen molar-refractivity contribution in [1.82, 2.24) is 24.1 Å². The Labute approximate surface area is 176 Å². The molecule has 2 aliphatic rings. The Balaban J connectivity index is 1.34. The highest BCUT2D eigenvalue weighted by molar-refractivity contribution is 7.89. The Morgan fingerprint density at radius 1 is 0.833 bits per heavy atom. The highest BCUT2D eigenvalue weighted by Crippen LogP contribution is 2.25. The topological polar surface area (TPSA) is 84.2 Å². The smallest absolute Gasteiger partial charge is 0.244 e. The zero-order valence-corrected chi connectivity index (χ0v) is 17.5. The Hall–Kier alpha value is -2.78. The van der Waals surface area contributed by atoms with E-state index in [1.54, 1.807) is 16.4 Å². The molecule has 4 heterocycles. The van der Waals surface area contributed by atoms with Crippen LogP contribution in [0.5, 0.6) is 0 Å². The first-order valence-corrected chi connectivity index (χ1v) is 11.8. The fraction of sp³-hybridized carbons (Fsp3) is 0.381. The van der Waals surface area contributed by atoms with Gasteiger partial charge in [0.15, 0.2) is 11.6 Å². The second-order valence-corrected chi connectivity index (χ2v) is 9.63. The van der Waals surface area contributed by atoms with E-state index in [2.05, 4.69) is 24.6 Å². The molecule has 0 amide bonds. The van der Waals surface area contributed by atoms with Gasteiger partial charge in [-0.3, -0.25) is 0 Å². The minimum absolute atomic E-state index is 0.264. The predicted molar refractivity (Wildman–Crippen MR) is 113 cm³/mol. The summed E-state index contributed by atoms with van der Waals surface area (Å²) in [6.45, 7) is 3.29. The van der Waals surface area contributed by atoms with Gasteiger partial charge in [-0.25, -0.2) is 13.4 Å². The maximum absolute atomic E-state index is 12.8. The summed E-state index contributed by atoms with van der Waals surface area (Å²) >= 11 is 0. The third-order valence-corrected chi connectivity index (χ3v) is 7.66. The molecule has 2 aromatic heterocycles. The third-order valence-electron chi connectivity index (χ3n) is 5.78. The summed E-state index contributed by atoms with van der Waals surface area (Å²) in [5.41, 5.74) is 1.05. The van der Waals surface area contributed by atoms with E-state index in [0.29, 0.717) is 19.6 Å². The van der Waals surface area contributed by atoms with Gasteiger partial charge in [0.2, 0.25) is 10.0 Å². The maximum Gasteiger partial charge on any atom is 0.244 e. The van der Waals surface area contributed by atoms with Crippen LogP contribution in [0.1, 0.15) is 25.1 Å². The van der Waals surface area contributed by atoms with Crippen molar-refractivity contribution in [2.75, 3.05) is 24.5 Å². The SMILES string of the molecule is O=S(=O)(c1ccc(N2CCn3c(nnc3-c3ccccc3)C2)nc1)N1CCCCC1. The first-order valence-electron chi connectivity index (χ1n) is 10.3. The van der Waals surface area contributed by atoms with E-state index in [1.165, 1.54) is 6.20 Å². The molecule has 9 heteroatoms. The molecule has 0 atom stereocenters. The fourth-order valence-corrected chi connectivity index (χ4v) is 5.58. The van der Waals surface area contributed by atoms with Gasteiger partial charge in [-0.1, -0.05) is 36.8 Å². The predicted octanol–water partition coefficient (Wildman–Crippen LogP) is 2.53. The van der Waals surface area contributed by atoms with E-state index in [-0.39, 0.29) is 4.90 Å². The summed E-state index contributed by atoms with van der Waals surface area (Å²) in [4.78, 5) is 6.83. The Morgan fingerprint density at radius 3 is 2.37 bits per heavy atom. The van der Waals surface area contributed by atoms with E-state index in [4.69, 9.17) is 0 Å². The van der Waals surface area contributed by atoms with Crippen molar-refractivity contribution in [3.05, 3.63) is 54.5 Å². The normalized spacial score (nSPS) is 17.7. The molecule has 1 aromatic carbocycles. The lowest BCUT2D eigenvalue weighted by Crippen LogP contribution is -2.36. The second-order valence-electron chi connectivity index (χ2n) is 7.70. The van der Waals surface area contributed by atoms with Crippen molar-refractivity contribution in [3.63, 3.8) is 0 Å². The van der Waals surface area contributed by atoms with Gasteiger partial charge in [-0.2, -0.15) is 4.31 Å². The van der Waals surface area contributed by atoms with Crippen molar-refractivity contribution >= 4 is 15.8 Å². The molecule has 3 aromatic rings. The average Bonchev–Trinajstić information content (AvgIpc) is 3.24. The lowest BCUT2D eigenvalue weighted by Gasteiger charge is -2.29. The molecule has 1 fully saturated rings. The molecular weight excluding hydrogens is 400 g/mol. The highest BCUT2D eigenvalue weighted by atomic mass is 32.2. The largest absolute Gasteiger partial charge is 0.347 e. The van der Waals surface area contributed by atoms with Gasteiger partial charge in [0.25, 0.3) is 0 Å². The second kappa shape index (κ2) is 7.81. The van der Waals surface area contributed by atoms with E-state index < -0.39 is 10.0 Å². The van der Waals surface area contributed by atoms with Gasteiger partial charge in [0.1, 0.15) is 10.7 Å². The number of anilines is 1. The molecule has 0 radical (unpaired) electrons. The van der Waals surface area contributed by atoms with Gasteiger partial charge < -0.3 is 9.47 Å². The summed E-state index contributed by atoms with van der Waals surface area (Å²) < 4.78 is 29.4. The van der Waals surface area contributed by atoms with Gasteiger partial charge in [-0.15, -0.1) is 10.2 Å². The zero-order chi connectivity index (χ0) is 20.6. The molecule has 0 N–H and O–H groups in total.